The molecule has 0 aliphatic carbocycles. The van der Waals surface area contributed by atoms with E-state index in [0.717, 1.165) is 61.2 Å². The molecular formula is C28H30BrFN2OS. The molecule has 6 heteroatoms. The topological polar surface area (TPSA) is 23.6 Å². The molecule has 0 N–H and O–H groups in total. The molecule has 0 spiro atoms. The highest BCUT2D eigenvalue weighted by Gasteiger charge is 2.38. The van der Waals surface area contributed by atoms with Gasteiger partial charge in [-0.3, -0.25) is 4.79 Å². The van der Waals surface area contributed by atoms with Crippen LogP contribution in [0.2, 0.25) is 0 Å². The van der Waals surface area contributed by atoms with Crippen molar-refractivity contribution in [3.63, 3.8) is 0 Å². The Balaban J connectivity index is 1.27. The van der Waals surface area contributed by atoms with Gasteiger partial charge in [-0.2, -0.15) is 11.3 Å². The Bertz CT molecular complexity index is 1130. The number of aryl methyl sites for hydroxylation is 1. The summed E-state index contributed by atoms with van der Waals surface area (Å²) in [6, 6.07) is 15.2. The maximum absolute atomic E-state index is 13.5. The average Bonchev–Trinajstić information content (AvgIpc) is 3.52. The van der Waals surface area contributed by atoms with Crippen molar-refractivity contribution >= 4 is 33.2 Å². The third kappa shape index (κ3) is 5.00. The molecule has 3 nitrogen and oxygen atoms in total. The van der Waals surface area contributed by atoms with Crippen molar-refractivity contribution in [1.82, 2.24) is 9.80 Å². The van der Waals surface area contributed by atoms with Crippen molar-refractivity contribution in [2.45, 2.75) is 31.6 Å². The smallest absolute Gasteiger partial charge is 0.255 e. The van der Waals surface area contributed by atoms with Gasteiger partial charge in [0, 0.05) is 30.0 Å². The fourth-order valence-electron chi connectivity index (χ4n) is 5.58. The summed E-state index contributed by atoms with van der Waals surface area (Å²) in [4.78, 5) is 18.1. The number of halogens is 2. The monoisotopic (exact) mass is 540 g/mol. The summed E-state index contributed by atoms with van der Waals surface area (Å²) < 4.78 is 14.2. The SMILES string of the molecule is Cc1cccc(C(=O)N2CC(CN3CCC(c4ccc(F)cc4)CC3)C(c3ccsc3)C2)c1Br. The van der Waals surface area contributed by atoms with E-state index in [1.54, 1.807) is 23.5 Å². The van der Waals surface area contributed by atoms with Gasteiger partial charge in [-0.1, -0.05) is 24.3 Å². The van der Waals surface area contributed by atoms with Crippen LogP contribution in [0.15, 0.2) is 63.8 Å². The number of carbonyl (C=O) groups is 1. The molecule has 3 heterocycles. The normalized spacial score (nSPS) is 21.8. The van der Waals surface area contributed by atoms with Crippen LogP contribution in [-0.4, -0.2) is 48.4 Å². The minimum Gasteiger partial charge on any atom is -0.338 e. The van der Waals surface area contributed by atoms with E-state index in [9.17, 15) is 9.18 Å². The third-order valence-electron chi connectivity index (χ3n) is 7.54. The number of thiophene rings is 1. The number of carbonyl (C=O) groups excluding carboxylic acids is 1. The summed E-state index contributed by atoms with van der Waals surface area (Å²) in [6.07, 6.45) is 2.20. The average molecular weight is 542 g/mol. The zero-order chi connectivity index (χ0) is 23.7. The van der Waals surface area contributed by atoms with Gasteiger partial charge in [-0.05, 0) is 112 Å². The van der Waals surface area contributed by atoms with Crippen LogP contribution in [0.5, 0.6) is 0 Å². The molecular weight excluding hydrogens is 511 g/mol. The molecule has 178 valence electrons. The molecule has 2 atom stereocenters. The predicted molar refractivity (Wildman–Crippen MR) is 140 cm³/mol. The predicted octanol–water partition coefficient (Wildman–Crippen LogP) is 6.69. The number of likely N-dealkylation sites (tertiary alicyclic amines) is 2. The molecule has 0 radical (unpaired) electrons. The van der Waals surface area contributed by atoms with Crippen LogP contribution in [0.4, 0.5) is 4.39 Å². The highest BCUT2D eigenvalue weighted by atomic mass is 79.9. The molecule has 2 aromatic carbocycles. The molecule has 0 saturated carbocycles. The van der Waals surface area contributed by atoms with E-state index in [4.69, 9.17) is 0 Å². The second-order valence-electron chi connectivity index (χ2n) is 9.70. The maximum Gasteiger partial charge on any atom is 0.255 e. The van der Waals surface area contributed by atoms with Crippen LogP contribution < -0.4 is 0 Å². The van der Waals surface area contributed by atoms with Crippen molar-refractivity contribution in [2.75, 3.05) is 32.7 Å². The van der Waals surface area contributed by atoms with E-state index in [2.05, 4.69) is 42.6 Å². The number of piperidine rings is 1. The first kappa shape index (κ1) is 23.7. The Kier molecular flexibility index (Phi) is 7.19. The van der Waals surface area contributed by atoms with Crippen molar-refractivity contribution in [1.29, 1.82) is 0 Å². The Labute approximate surface area is 213 Å². The lowest BCUT2D eigenvalue weighted by Crippen LogP contribution is -2.38. The minimum absolute atomic E-state index is 0.119. The largest absolute Gasteiger partial charge is 0.338 e. The first-order valence-corrected chi connectivity index (χ1v) is 13.8. The van der Waals surface area contributed by atoms with Crippen molar-refractivity contribution in [2.24, 2.45) is 5.92 Å². The highest BCUT2D eigenvalue weighted by molar-refractivity contribution is 9.10. The van der Waals surface area contributed by atoms with Crippen LogP contribution in [-0.2, 0) is 0 Å². The zero-order valence-electron chi connectivity index (χ0n) is 19.4. The van der Waals surface area contributed by atoms with E-state index in [1.807, 2.05) is 37.3 Å². The van der Waals surface area contributed by atoms with Gasteiger partial charge in [-0.15, -0.1) is 0 Å². The van der Waals surface area contributed by atoms with E-state index in [1.165, 1.54) is 11.1 Å². The first-order chi connectivity index (χ1) is 16.5. The summed E-state index contributed by atoms with van der Waals surface area (Å²) >= 11 is 5.36. The molecule has 2 saturated heterocycles. The number of nitrogens with zero attached hydrogens (tertiary/aromatic N) is 2. The lowest BCUT2D eigenvalue weighted by atomic mass is 9.87. The number of amides is 1. The fourth-order valence-corrected chi connectivity index (χ4v) is 6.74. The van der Waals surface area contributed by atoms with Crippen LogP contribution in [0, 0.1) is 18.7 Å². The van der Waals surface area contributed by atoms with Crippen LogP contribution in [0.1, 0.15) is 51.7 Å². The Morgan fingerprint density at radius 1 is 1.06 bits per heavy atom. The number of benzene rings is 2. The van der Waals surface area contributed by atoms with Crippen LogP contribution >= 0.6 is 27.3 Å². The van der Waals surface area contributed by atoms with Gasteiger partial charge in [0.05, 0.1) is 5.56 Å². The molecule has 2 fully saturated rings. The van der Waals surface area contributed by atoms with E-state index >= 15 is 0 Å². The third-order valence-corrected chi connectivity index (χ3v) is 9.30. The molecule has 1 aromatic heterocycles. The number of rotatable bonds is 5. The van der Waals surface area contributed by atoms with Gasteiger partial charge >= 0.3 is 0 Å². The van der Waals surface area contributed by atoms with Crippen LogP contribution in [0.3, 0.4) is 0 Å². The van der Waals surface area contributed by atoms with Crippen LogP contribution in [0.25, 0.3) is 0 Å². The quantitative estimate of drug-likeness (QED) is 0.359. The number of hydrogen-bond acceptors (Lipinski definition) is 3. The second-order valence-corrected chi connectivity index (χ2v) is 11.3. The molecule has 0 bridgehead atoms. The van der Waals surface area contributed by atoms with Gasteiger partial charge in [0.25, 0.3) is 5.91 Å². The molecule has 5 rings (SSSR count). The number of hydrogen-bond donors (Lipinski definition) is 0. The lowest BCUT2D eigenvalue weighted by Gasteiger charge is -2.34. The molecule has 3 aromatic rings. The lowest BCUT2D eigenvalue weighted by molar-refractivity contribution is 0.0780. The molecule has 2 aliphatic heterocycles. The Hall–Kier alpha value is -2.02. The second kappa shape index (κ2) is 10.3. The molecule has 1 amide bonds. The first-order valence-electron chi connectivity index (χ1n) is 12.0. The van der Waals surface area contributed by atoms with Gasteiger partial charge < -0.3 is 9.80 Å². The van der Waals surface area contributed by atoms with E-state index in [0.29, 0.717) is 17.8 Å². The standard InChI is InChI=1S/C28H30BrFN2OS/c1-19-3-2-4-25(27(19)29)28(33)32-16-23(26(17-32)22-11-14-34-18-22)15-31-12-9-21(10-13-31)20-5-7-24(30)8-6-20/h2-8,11,14,18,21,23,26H,9-10,12-13,15-17H2,1H3. The minimum atomic E-state index is -0.168. The van der Waals surface area contributed by atoms with Gasteiger partial charge in [-0.25, -0.2) is 4.39 Å². The van der Waals surface area contributed by atoms with Crippen molar-refractivity contribution < 1.29 is 9.18 Å². The van der Waals surface area contributed by atoms with E-state index in [-0.39, 0.29) is 11.7 Å². The van der Waals surface area contributed by atoms with Gasteiger partial charge in [0.15, 0.2) is 0 Å². The fraction of sp³-hybridized carbons (Fsp3) is 0.393. The van der Waals surface area contributed by atoms with Gasteiger partial charge in [0.1, 0.15) is 5.82 Å². The van der Waals surface area contributed by atoms with Crippen molar-refractivity contribution in [3.05, 3.63) is 91.8 Å². The molecule has 34 heavy (non-hydrogen) atoms. The summed E-state index contributed by atoms with van der Waals surface area (Å²) in [6.45, 7) is 6.69. The summed E-state index contributed by atoms with van der Waals surface area (Å²) in [5, 5.41) is 4.39. The maximum atomic E-state index is 13.5. The molecule has 2 unspecified atom stereocenters. The summed E-state index contributed by atoms with van der Waals surface area (Å²) in [5.74, 6) is 1.25. The highest BCUT2D eigenvalue weighted by Crippen LogP contribution is 2.37. The van der Waals surface area contributed by atoms with Gasteiger partial charge in [0.2, 0.25) is 0 Å². The molecule has 2 aliphatic rings. The zero-order valence-corrected chi connectivity index (χ0v) is 21.8. The van der Waals surface area contributed by atoms with Crippen molar-refractivity contribution in [3.8, 4) is 0 Å². The summed E-state index contributed by atoms with van der Waals surface area (Å²) in [7, 11) is 0. The van der Waals surface area contributed by atoms with E-state index < -0.39 is 0 Å². The Morgan fingerprint density at radius 2 is 1.82 bits per heavy atom. The Morgan fingerprint density at radius 3 is 2.53 bits per heavy atom. The summed E-state index contributed by atoms with van der Waals surface area (Å²) in [5.41, 5.74) is 4.44.